The van der Waals surface area contributed by atoms with Crippen molar-refractivity contribution in [2.45, 2.75) is 97.3 Å². The smallest absolute Gasteiger partial charge is 0.334 e. The normalized spacial score (nSPS) is 20.0. The number of anilines is 1. The monoisotopic (exact) mass is 469 g/mol. The molecule has 5 heteroatoms. The van der Waals surface area contributed by atoms with Gasteiger partial charge in [-0.15, -0.1) is 0 Å². The van der Waals surface area contributed by atoms with E-state index in [4.69, 9.17) is 9.47 Å². The van der Waals surface area contributed by atoms with Crippen LogP contribution < -0.4 is 10.1 Å². The average Bonchev–Trinajstić information content (AvgIpc) is 2.85. The molecule has 0 heterocycles. The molecule has 2 rings (SSSR count). The van der Waals surface area contributed by atoms with Crippen molar-refractivity contribution in [3.63, 3.8) is 0 Å². The van der Waals surface area contributed by atoms with Crippen LogP contribution in [0.4, 0.5) is 5.69 Å². The number of methoxy groups -OCH3 is 1. The number of carbonyl (C=O) groups is 2. The lowest BCUT2D eigenvalue weighted by Gasteiger charge is -2.18. The minimum atomic E-state index is -0.274. The van der Waals surface area contributed by atoms with Crippen molar-refractivity contribution < 1.29 is 19.1 Å². The lowest BCUT2D eigenvalue weighted by Crippen LogP contribution is -2.16. The Labute approximate surface area is 206 Å². The van der Waals surface area contributed by atoms with Gasteiger partial charge in [-0.3, -0.25) is 4.79 Å². The first kappa shape index (κ1) is 27.7. The molecule has 1 aliphatic carbocycles. The Morgan fingerprint density at radius 3 is 2.15 bits per heavy atom. The van der Waals surface area contributed by atoms with Crippen LogP contribution in [0.15, 0.2) is 47.2 Å². The van der Waals surface area contributed by atoms with Crippen molar-refractivity contribution >= 4 is 17.4 Å². The number of Topliss-reactive ketones (excluding diaryl/α,β-unsaturated/α-hetero) is 1. The highest BCUT2D eigenvalue weighted by atomic mass is 16.5. The second kappa shape index (κ2) is 16.1. The number of nitrogens with one attached hydrogen (secondary N) is 1. The standard InChI is InChI=1S/C29H43NO4/c1-4-6-15-25-26(29(32)34-5-2)16-13-11-9-7-8-10-12-14-17-28(31)27(25)22-30-23-18-20-24(33-3)21-19-23/h18-22,30H,4-17H2,1-3H3/b26-25-,27-22?. The van der Waals surface area contributed by atoms with Gasteiger partial charge in [0.05, 0.1) is 13.7 Å². The number of rotatable bonds is 8. The number of carbonyl (C=O) groups excluding carboxylic acids is 2. The Hall–Kier alpha value is -2.56. The third kappa shape index (κ3) is 9.36. The highest BCUT2D eigenvalue weighted by Gasteiger charge is 2.23. The molecule has 0 atom stereocenters. The zero-order valence-corrected chi connectivity index (χ0v) is 21.4. The molecule has 0 unspecified atom stereocenters. The number of hydrogen-bond donors (Lipinski definition) is 1. The summed E-state index contributed by atoms with van der Waals surface area (Å²) in [6, 6.07) is 7.61. The van der Waals surface area contributed by atoms with Gasteiger partial charge in [-0.05, 0) is 68.9 Å². The van der Waals surface area contributed by atoms with E-state index in [-0.39, 0.29) is 11.8 Å². The van der Waals surface area contributed by atoms with Gasteiger partial charge in [-0.2, -0.15) is 0 Å². The van der Waals surface area contributed by atoms with Gasteiger partial charge in [0.15, 0.2) is 5.78 Å². The predicted molar refractivity (Wildman–Crippen MR) is 139 cm³/mol. The molecule has 1 aliphatic rings. The van der Waals surface area contributed by atoms with Crippen LogP contribution in [0.5, 0.6) is 5.75 Å². The van der Waals surface area contributed by atoms with Crippen molar-refractivity contribution in [3.05, 3.63) is 47.2 Å². The number of unbranched alkanes of at least 4 members (excludes halogenated alkanes) is 1. The van der Waals surface area contributed by atoms with Crippen LogP contribution in [-0.4, -0.2) is 25.5 Å². The maximum atomic E-state index is 13.5. The van der Waals surface area contributed by atoms with E-state index in [0.29, 0.717) is 37.0 Å². The molecular formula is C29H43NO4. The molecule has 0 spiro atoms. The summed E-state index contributed by atoms with van der Waals surface area (Å²) in [6.07, 6.45) is 14.4. The van der Waals surface area contributed by atoms with E-state index in [1.54, 1.807) is 13.3 Å². The van der Waals surface area contributed by atoms with E-state index in [0.717, 1.165) is 55.5 Å². The number of hydrogen-bond acceptors (Lipinski definition) is 5. The van der Waals surface area contributed by atoms with Crippen LogP contribution in [0, 0.1) is 0 Å². The summed E-state index contributed by atoms with van der Waals surface area (Å²) in [5.41, 5.74) is 3.05. The van der Waals surface area contributed by atoms with E-state index in [2.05, 4.69) is 12.2 Å². The molecule has 0 amide bonds. The van der Waals surface area contributed by atoms with E-state index < -0.39 is 0 Å². The minimum Gasteiger partial charge on any atom is -0.497 e. The van der Waals surface area contributed by atoms with E-state index in [1.807, 2.05) is 31.2 Å². The quantitative estimate of drug-likeness (QED) is 0.315. The molecule has 0 aromatic heterocycles. The van der Waals surface area contributed by atoms with Gasteiger partial charge in [0.2, 0.25) is 0 Å². The predicted octanol–water partition coefficient (Wildman–Crippen LogP) is 7.52. The summed E-state index contributed by atoms with van der Waals surface area (Å²) in [5, 5.41) is 3.30. The highest BCUT2D eigenvalue weighted by Crippen LogP contribution is 2.29. The number of benzene rings is 1. The number of ether oxygens (including phenoxy) is 2. The van der Waals surface area contributed by atoms with Gasteiger partial charge in [0, 0.05) is 29.5 Å². The van der Waals surface area contributed by atoms with Crippen LogP contribution in [0.2, 0.25) is 0 Å². The summed E-state index contributed by atoms with van der Waals surface area (Å²) in [5.74, 6) is 0.607. The van der Waals surface area contributed by atoms with E-state index in [9.17, 15) is 9.59 Å². The lowest BCUT2D eigenvalue weighted by atomic mass is 9.88. The Balaban J connectivity index is 2.49. The summed E-state index contributed by atoms with van der Waals surface area (Å²) in [7, 11) is 1.64. The Bertz CT molecular complexity index is 823. The Kier molecular flexibility index (Phi) is 13.1. The Morgan fingerprint density at radius 1 is 0.941 bits per heavy atom. The molecule has 5 nitrogen and oxygen atoms in total. The minimum absolute atomic E-state index is 0.103. The second-order valence-corrected chi connectivity index (χ2v) is 8.96. The maximum Gasteiger partial charge on any atom is 0.334 e. The first-order valence-corrected chi connectivity index (χ1v) is 13.1. The lowest BCUT2D eigenvalue weighted by molar-refractivity contribution is -0.138. The average molecular weight is 470 g/mol. The van der Waals surface area contributed by atoms with E-state index in [1.165, 1.54) is 25.7 Å². The summed E-state index contributed by atoms with van der Waals surface area (Å²) in [4.78, 5) is 26.5. The van der Waals surface area contributed by atoms with Gasteiger partial charge >= 0.3 is 5.97 Å². The van der Waals surface area contributed by atoms with Crippen LogP contribution >= 0.6 is 0 Å². The fraction of sp³-hybridized carbons (Fsp3) is 0.586. The van der Waals surface area contributed by atoms with Crippen LogP contribution in [0.1, 0.15) is 97.3 Å². The topological polar surface area (TPSA) is 64.6 Å². The summed E-state index contributed by atoms with van der Waals surface area (Å²) >= 11 is 0. The summed E-state index contributed by atoms with van der Waals surface area (Å²) < 4.78 is 10.7. The molecule has 188 valence electrons. The fourth-order valence-electron chi connectivity index (χ4n) is 4.36. The molecule has 0 fully saturated rings. The van der Waals surface area contributed by atoms with E-state index >= 15 is 0 Å². The fourth-order valence-corrected chi connectivity index (χ4v) is 4.36. The molecule has 1 aromatic rings. The van der Waals surface area contributed by atoms with Gasteiger partial charge in [0.1, 0.15) is 5.75 Å². The number of ketones is 1. The molecule has 0 bridgehead atoms. The first-order chi connectivity index (χ1) is 16.6. The zero-order chi connectivity index (χ0) is 24.6. The third-order valence-electron chi connectivity index (χ3n) is 6.35. The maximum absolute atomic E-state index is 13.5. The van der Waals surface area contributed by atoms with Crippen molar-refractivity contribution in [1.82, 2.24) is 0 Å². The molecule has 0 aliphatic heterocycles. The van der Waals surface area contributed by atoms with Crippen molar-refractivity contribution in [3.8, 4) is 5.75 Å². The first-order valence-electron chi connectivity index (χ1n) is 13.1. The molecule has 0 saturated carbocycles. The van der Waals surface area contributed by atoms with Crippen molar-refractivity contribution in [2.24, 2.45) is 0 Å². The van der Waals surface area contributed by atoms with Gasteiger partial charge in [-0.25, -0.2) is 4.79 Å². The van der Waals surface area contributed by atoms with Gasteiger partial charge in [0.25, 0.3) is 0 Å². The van der Waals surface area contributed by atoms with Crippen molar-refractivity contribution in [1.29, 1.82) is 0 Å². The SMILES string of the molecule is CCCC/C1=C(/C(=O)OCC)CCCCCCCCCCC(=O)C1=CNc1ccc(OC)cc1. The molecule has 0 radical (unpaired) electrons. The number of allylic oxidation sites excluding steroid dienone is 2. The molecule has 0 saturated heterocycles. The molecule has 1 aromatic carbocycles. The largest absolute Gasteiger partial charge is 0.497 e. The van der Waals surface area contributed by atoms with Crippen LogP contribution in [0.3, 0.4) is 0 Å². The number of esters is 1. The molecular weight excluding hydrogens is 426 g/mol. The zero-order valence-electron chi connectivity index (χ0n) is 21.4. The summed E-state index contributed by atoms with van der Waals surface area (Å²) in [6.45, 7) is 4.30. The molecule has 34 heavy (non-hydrogen) atoms. The van der Waals surface area contributed by atoms with Crippen LogP contribution in [-0.2, 0) is 14.3 Å². The van der Waals surface area contributed by atoms with Gasteiger partial charge in [-0.1, -0.05) is 51.9 Å². The Morgan fingerprint density at radius 2 is 1.56 bits per heavy atom. The van der Waals surface area contributed by atoms with Crippen molar-refractivity contribution in [2.75, 3.05) is 19.0 Å². The third-order valence-corrected chi connectivity index (χ3v) is 6.35. The second-order valence-electron chi connectivity index (χ2n) is 8.96. The highest BCUT2D eigenvalue weighted by molar-refractivity contribution is 6.03. The molecule has 1 N–H and O–H groups in total. The van der Waals surface area contributed by atoms with Gasteiger partial charge < -0.3 is 14.8 Å². The van der Waals surface area contributed by atoms with Crippen LogP contribution in [0.25, 0.3) is 0 Å².